The number of aliphatic carboxylic acids is 1. The number of non-ortho nitro benzene ring substituents is 1. The van der Waals surface area contributed by atoms with Crippen molar-refractivity contribution in [1.29, 1.82) is 0 Å². The van der Waals surface area contributed by atoms with Crippen LogP contribution in [-0.4, -0.2) is 16.0 Å². The molecule has 1 aromatic rings. The maximum Gasteiger partial charge on any atom is 0.330 e. The van der Waals surface area contributed by atoms with Crippen molar-refractivity contribution in [1.82, 2.24) is 0 Å². The second kappa shape index (κ2) is 5.06. The fourth-order valence-corrected chi connectivity index (χ4v) is 1.19. The molecule has 0 aliphatic heterocycles. The van der Waals surface area contributed by atoms with Gasteiger partial charge in [0.05, 0.1) is 4.92 Å². The molecule has 0 unspecified atom stereocenters. The summed E-state index contributed by atoms with van der Waals surface area (Å²) in [6.07, 6.45) is 0.857. The van der Waals surface area contributed by atoms with Gasteiger partial charge in [0.1, 0.15) is 0 Å². The number of rotatable bonds is 5. The monoisotopic (exact) mass is 221 g/mol. The van der Waals surface area contributed by atoms with Crippen molar-refractivity contribution < 1.29 is 14.8 Å². The van der Waals surface area contributed by atoms with E-state index in [1.807, 2.05) is 0 Å². The van der Waals surface area contributed by atoms with E-state index in [0.717, 1.165) is 5.56 Å². The Morgan fingerprint density at radius 1 is 1.38 bits per heavy atom. The average molecular weight is 221 g/mol. The SMILES string of the molecule is C=C(CCc1ccc([N+](=O)[O-])cc1)C(=O)O. The van der Waals surface area contributed by atoms with Crippen LogP contribution in [0.5, 0.6) is 0 Å². The summed E-state index contributed by atoms with van der Waals surface area (Å²) in [6, 6.07) is 6.04. The first-order valence-electron chi connectivity index (χ1n) is 4.65. The minimum atomic E-state index is -1.01. The summed E-state index contributed by atoms with van der Waals surface area (Å²) in [5.74, 6) is -1.01. The molecular formula is C11H11NO4. The molecule has 0 spiro atoms. The summed E-state index contributed by atoms with van der Waals surface area (Å²) >= 11 is 0. The molecule has 84 valence electrons. The van der Waals surface area contributed by atoms with Gasteiger partial charge in [-0.15, -0.1) is 0 Å². The van der Waals surface area contributed by atoms with E-state index in [-0.39, 0.29) is 11.3 Å². The largest absolute Gasteiger partial charge is 0.478 e. The number of carbonyl (C=O) groups is 1. The Morgan fingerprint density at radius 2 is 1.94 bits per heavy atom. The molecule has 0 atom stereocenters. The highest BCUT2D eigenvalue weighted by atomic mass is 16.6. The molecule has 0 fully saturated rings. The van der Waals surface area contributed by atoms with Crippen LogP contribution in [0.15, 0.2) is 36.4 Å². The van der Waals surface area contributed by atoms with Crippen molar-refractivity contribution in [3.8, 4) is 0 Å². The van der Waals surface area contributed by atoms with E-state index in [4.69, 9.17) is 5.11 Å². The predicted molar refractivity (Wildman–Crippen MR) is 58.2 cm³/mol. The number of nitro groups is 1. The van der Waals surface area contributed by atoms with Gasteiger partial charge in [0.2, 0.25) is 0 Å². The van der Waals surface area contributed by atoms with E-state index in [2.05, 4.69) is 6.58 Å². The van der Waals surface area contributed by atoms with E-state index in [1.165, 1.54) is 12.1 Å². The molecule has 0 aromatic heterocycles. The van der Waals surface area contributed by atoms with E-state index < -0.39 is 10.9 Å². The molecule has 16 heavy (non-hydrogen) atoms. The molecule has 5 heteroatoms. The Bertz CT molecular complexity index is 422. The van der Waals surface area contributed by atoms with Crippen molar-refractivity contribution in [3.05, 3.63) is 52.1 Å². The Morgan fingerprint density at radius 3 is 2.38 bits per heavy atom. The van der Waals surface area contributed by atoms with Gasteiger partial charge in [-0.2, -0.15) is 0 Å². The van der Waals surface area contributed by atoms with Crippen molar-refractivity contribution >= 4 is 11.7 Å². The number of hydrogen-bond donors (Lipinski definition) is 1. The molecule has 1 rings (SSSR count). The third kappa shape index (κ3) is 3.20. The second-order valence-corrected chi connectivity index (χ2v) is 3.33. The summed E-state index contributed by atoms with van der Waals surface area (Å²) in [5.41, 5.74) is 1.02. The summed E-state index contributed by atoms with van der Waals surface area (Å²) in [7, 11) is 0. The van der Waals surface area contributed by atoms with Crippen molar-refractivity contribution in [3.63, 3.8) is 0 Å². The first-order chi connectivity index (χ1) is 7.50. The van der Waals surface area contributed by atoms with Crippen LogP contribution in [0.2, 0.25) is 0 Å². The number of carboxylic acids is 1. The molecule has 1 N–H and O–H groups in total. The van der Waals surface area contributed by atoms with Gasteiger partial charge in [-0.05, 0) is 18.4 Å². The number of carboxylic acid groups (broad SMARTS) is 1. The number of aryl methyl sites for hydroxylation is 1. The first kappa shape index (κ1) is 11.9. The topological polar surface area (TPSA) is 80.4 Å². The molecule has 1 aromatic carbocycles. The number of nitrogens with zero attached hydrogens (tertiary/aromatic N) is 1. The standard InChI is InChI=1S/C11H11NO4/c1-8(11(13)14)2-3-9-4-6-10(7-5-9)12(15)16/h4-7H,1-3H2,(H,13,14). The Hall–Kier alpha value is -2.17. The highest BCUT2D eigenvalue weighted by Crippen LogP contribution is 2.14. The molecule has 0 saturated carbocycles. The fraction of sp³-hybridized carbons (Fsp3) is 0.182. The van der Waals surface area contributed by atoms with E-state index >= 15 is 0 Å². The molecule has 0 aliphatic carbocycles. The summed E-state index contributed by atoms with van der Waals surface area (Å²) in [5, 5.41) is 19.0. The Kier molecular flexibility index (Phi) is 3.77. The summed E-state index contributed by atoms with van der Waals surface area (Å²) in [6.45, 7) is 3.41. The van der Waals surface area contributed by atoms with Crippen LogP contribution in [0, 0.1) is 10.1 Å². The van der Waals surface area contributed by atoms with Gasteiger partial charge in [0, 0.05) is 17.7 Å². The van der Waals surface area contributed by atoms with Crippen LogP contribution in [0.3, 0.4) is 0 Å². The van der Waals surface area contributed by atoms with Crippen LogP contribution in [0.1, 0.15) is 12.0 Å². The van der Waals surface area contributed by atoms with Gasteiger partial charge < -0.3 is 5.11 Å². The van der Waals surface area contributed by atoms with Crippen LogP contribution < -0.4 is 0 Å². The maximum atomic E-state index is 10.5. The van der Waals surface area contributed by atoms with Crippen molar-refractivity contribution in [2.45, 2.75) is 12.8 Å². The number of nitro benzene ring substituents is 1. The lowest BCUT2D eigenvalue weighted by molar-refractivity contribution is -0.384. The van der Waals surface area contributed by atoms with Crippen molar-refractivity contribution in [2.75, 3.05) is 0 Å². The number of hydrogen-bond acceptors (Lipinski definition) is 3. The minimum absolute atomic E-state index is 0.0285. The van der Waals surface area contributed by atoms with Gasteiger partial charge in [-0.25, -0.2) is 4.79 Å². The van der Waals surface area contributed by atoms with Crippen LogP contribution >= 0.6 is 0 Å². The molecule has 0 amide bonds. The third-order valence-corrected chi connectivity index (χ3v) is 2.17. The van der Waals surface area contributed by atoms with Crippen LogP contribution in [0.4, 0.5) is 5.69 Å². The Balaban J connectivity index is 2.59. The molecule has 0 aliphatic rings. The van der Waals surface area contributed by atoms with E-state index in [1.54, 1.807) is 12.1 Å². The average Bonchev–Trinajstić information content (AvgIpc) is 2.26. The number of benzene rings is 1. The molecule has 0 saturated heterocycles. The smallest absolute Gasteiger partial charge is 0.330 e. The second-order valence-electron chi connectivity index (χ2n) is 3.33. The van der Waals surface area contributed by atoms with Gasteiger partial charge in [-0.3, -0.25) is 10.1 Å². The van der Waals surface area contributed by atoms with Crippen LogP contribution in [-0.2, 0) is 11.2 Å². The normalized spacial score (nSPS) is 9.75. The lowest BCUT2D eigenvalue weighted by atomic mass is 10.1. The summed E-state index contributed by atoms with van der Waals surface area (Å²) < 4.78 is 0. The van der Waals surface area contributed by atoms with E-state index in [0.29, 0.717) is 12.8 Å². The van der Waals surface area contributed by atoms with Crippen LogP contribution in [0.25, 0.3) is 0 Å². The lowest BCUT2D eigenvalue weighted by Crippen LogP contribution is -2.00. The van der Waals surface area contributed by atoms with Crippen molar-refractivity contribution in [2.24, 2.45) is 0 Å². The third-order valence-electron chi connectivity index (χ3n) is 2.17. The zero-order valence-electron chi connectivity index (χ0n) is 8.55. The molecule has 0 bridgehead atoms. The van der Waals surface area contributed by atoms with Gasteiger partial charge >= 0.3 is 5.97 Å². The quantitative estimate of drug-likeness (QED) is 0.469. The predicted octanol–water partition coefficient (Wildman–Crippen LogP) is 2.17. The lowest BCUT2D eigenvalue weighted by Gasteiger charge is -2.01. The molecule has 0 radical (unpaired) electrons. The zero-order valence-corrected chi connectivity index (χ0v) is 8.55. The molecular weight excluding hydrogens is 210 g/mol. The fourth-order valence-electron chi connectivity index (χ4n) is 1.19. The van der Waals surface area contributed by atoms with E-state index in [9.17, 15) is 14.9 Å². The van der Waals surface area contributed by atoms with Gasteiger partial charge in [0.25, 0.3) is 5.69 Å². The first-order valence-corrected chi connectivity index (χ1v) is 4.65. The summed E-state index contributed by atoms with van der Waals surface area (Å²) in [4.78, 5) is 20.4. The Labute approximate surface area is 92.2 Å². The zero-order chi connectivity index (χ0) is 12.1. The molecule has 0 heterocycles. The minimum Gasteiger partial charge on any atom is -0.478 e. The highest BCUT2D eigenvalue weighted by molar-refractivity contribution is 5.85. The maximum absolute atomic E-state index is 10.5. The van der Waals surface area contributed by atoms with Gasteiger partial charge in [-0.1, -0.05) is 18.7 Å². The highest BCUT2D eigenvalue weighted by Gasteiger charge is 2.06. The molecule has 5 nitrogen and oxygen atoms in total. The van der Waals surface area contributed by atoms with Gasteiger partial charge in [0.15, 0.2) is 0 Å².